The van der Waals surface area contributed by atoms with Gasteiger partial charge in [-0.2, -0.15) is 0 Å². The van der Waals surface area contributed by atoms with Crippen LogP contribution in [0.25, 0.3) is 10.4 Å². The zero-order valence-corrected chi connectivity index (χ0v) is 15.8. The number of methoxy groups -OCH3 is 1. The summed E-state index contributed by atoms with van der Waals surface area (Å²) in [6.07, 6.45) is 3.92. The third-order valence-electron chi connectivity index (χ3n) is 4.71. The molecule has 2 aromatic rings. The molecule has 2 aliphatic rings. The molecule has 136 valence electrons. The summed E-state index contributed by atoms with van der Waals surface area (Å²) >= 11 is 1.75. The van der Waals surface area contributed by atoms with Crippen LogP contribution in [-0.2, 0) is 11.3 Å². The summed E-state index contributed by atoms with van der Waals surface area (Å²) in [5.41, 5.74) is 2.08. The Morgan fingerprint density at radius 3 is 2.96 bits per heavy atom. The van der Waals surface area contributed by atoms with E-state index in [1.54, 1.807) is 18.4 Å². The van der Waals surface area contributed by atoms with Gasteiger partial charge in [-0.1, -0.05) is 12.2 Å². The quantitative estimate of drug-likeness (QED) is 0.844. The number of thiophene rings is 1. The van der Waals surface area contributed by atoms with Crippen molar-refractivity contribution in [2.45, 2.75) is 19.5 Å². The molecule has 2 aliphatic heterocycles. The van der Waals surface area contributed by atoms with Gasteiger partial charge in [0.2, 0.25) is 5.91 Å². The number of rotatable bonds is 3. The molecular weight excluding hydrogens is 348 g/mol. The summed E-state index contributed by atoms with van der Waals surface area (Å²) in [6, 6.07) is 8.13. The summed E-state index contributed by atoms with van der Waals surface area (Å²) in [4.78, 5) is 17.1. The van der Waals surface area contributed by atoms with Crippen molar-refractivity contribution in [2.75, 3.05) is 26.8 Å². The van der Waals surface area contributed by atoms with Gasteiger partial charge in [0.1, 0.15) is 12.6 Å². The maximum atomic E-state index is 12.8. The molecule has 1 N–H and O–H groups in total. The van der Waals surface area contributed by atoms with Gasteiger partial charge in [0.15, 0.2) is 11.5 Å². The van der Waals surface area contributed by atoms with E-state index in [1.165, 1.54) is 9.75 Å². The van der Waals surface area contributed by atoms with Crippen LogP contribution >= 0.6 is 11.3 Å². The smallest absolute Gasteiger partial charge is 0.244 e. The highest BCUT2D eigenvalue weighted by Gasteiger charge is 2.28. The molecule has 3 heterocycles. The summed E-state index contributed by atoms with van der Waals surface area (Å²) < 4.78 is 11.5. The molecule has 0 unspecified atom stereocenters. The van der Waals surface area contributed by atoms with Crippen LogP contribution in [0.2, 0.25) is 0 Å². The highest BCUT2D eigenvalue weighted by Crippen LogP contribution is 2.40. The van der Waals surface area contributed by atoms with Crippen LogP contribution < -0.4 is 14.8 Å². The minimum Gasteiger partial charge on any atom is -0.493 e. The van der Waals surface area contributed by atoms with Crippen LogP contribution in [0.15, 0.2) is 36.4 Å². The minimum atomic E-state index is -0.235. The van der Waals surface area contributed by atoms with E-state index >= 15 is 0 Å². The Morgan fingerprint density at radius 1 is 1.38 bits per heavy atom. The number of hydrogen-bond acceptors (Lipinski definition) is 5. The second kappa shape index (κ2) is 7.13. The highest BCUT2D eigenvalue weighted by atomic mass is 32.1. The van der Waals surface area contributed by atoms with E-state index in [0.29, 0.717) is 19.7 Å². The van der Waals surface area contributed by atoms with E-state index in [2.05, 4.69) is 30.4 Å². The Balaban J connectivity index is 1.69. The van der Waals surface area contributed by atoms with Gasteiger partial charge in [-0.05, 0) is 36.8 Å². The third kappa shape index (κ3) is 3.22. The molecule has 5 nitrogen and oxygen atoms in total. The Morgan fingerprint density at radius 2 is 2.27 bits per heavy atom. The monoisotopic (exact) mass is 370 g/mol. The van der Waals surface area contributed by atoms with Crippen molar-refractivity contribution in [1.29, 1.82) is 0 Å². The number of carbonyl (C=O) groups excluding carboxylic acids is 1. The predicted octanol–water partition coefficient (Wildman–Crippen LogP) is 2.98. The first-order chi connectivity index (χ1) is 12.7. The second-order valence-electron chi connectivity index (χ2n) is 6.50. The molecule has 0 saturated carbocycles. The Labute approximate surface area is 157 Å². The first-order valence-electron chi connectivity index (χ1n) is 8.75. The maximum Gasteiger partial charge on any atom is 0.244 e. The molecule has 1 aromatic heterocycles. The molecule has 4 rings (SSSR count). The van der Waals surface area contributed by atoms with E-state index in [-0.39, 0.29) is 11.9 Å². The van der Waals surface area contributed by atoms with Crippen LogP contribution in [-0.4, -0.2) is 43.7 Å². The van der Waals surface area contributed by atoms with Gasteiger partial charge < -0.3 is 14.4 Å². The fourth-order valence-corrected chi connectivity index (χ4v) is 4.24. The van der Waals surface area contributed by atoms with E-state index in [9.17, 15) is 4.79 Å². The first kappa shape index (κ1) is 17.1. The Hall–Kier alpha value is -2.31. The van der Waals surface area contributed by atoms with Crippen molar-refractivity contribution in [3.05, 3.63) is 46.9 Å². The molecule has 1 aromatic carbocycles. The molecule has 1 amide bonds. The van der Waals surface area contributed by atoms with E-state index in [0.717, 1.165) is 29.2 Å². The number of benzene rings is 1. The molecule has 26 heavy (non-hydrogen) atoms. The molecule has 0 spiro atoms. The van der Waals surface area contributed by atoms with Crippen molar-refractivity contribution in [1.82, 2.24) is 10.2 Å². The van der Waals surface area contributed by atoms with E-state index < -0.39 is 0 Å². The zero-order valence-electron chi connectivity index (χ0n) is 15.0. The third-order valence-corrected chi connectivity index (χ3v) is 5.76. The lowest BCUT2D eigenvalue weighted by Crippen LogP contribution is -2.44. The number of amides is 1. The fourth-order valence-electron chi connectivity index (χ4n) is 3.39. The number of nitrogens with zero attached hydrogens (tertiary/aromatic N) is 1. The highest BCUT2D eigenvalue weighted by molar-refractivity contribution is 7.15. The summed E-state index contributed by atoms with van der Waals surface area (Å²) in [5.74, 6) is 1.55. The molecule has 0 saturated heterocycles. The van der Waals surface area contributed by atoms with Crippen molar-refractivity contribution >= 4 is 17.2 Å². The van der Waals surface area contributed by atoms with Crippen molar-refractivity contribution in [3.63, 3.8) is 0 Å². The summed E-state index contributed by atoms with van der Waals surface area (Å²) in [5, 5.41) is 3.19. The van der Waals surface area contributed by atoms with Gasteiger partial charge in [-0.25, -0.2) is 0 Å². The number of ether oxygens (including phenoxy) is 2. The molecule has 1 atom stereocenters. The number of nitrogens with one attached hydrogen (secondary N) is 1. The fraction of sp³-hybridized carbons (Fsp3) is 0.350. The average molecular weight is 370 g/mol. The normalized spacial score (nSPS) is 19.0. The number of hydrogen-bond donors (Lipinski definition) is 1. The largest absolute Gasteiger partial charge is 0.493 e. The van der Waals surface area contributed by atoms with Crippen molar-refractivity contribution < 1.29 is 14.3 Å². The van der Waals surface area contributed by atoms with Crippen LogP contribution in [0.1, 0.15) is 10.4 Å². The lowest BCUT2D eigenvalue weighted by Gasteiger charge is -2.23. The van der Waals surface area contributed by atoms with Gasteiger partial charge in [0.05, 0.1) is 13.7 Å². The SMILES string of the molecule is COc1cc(-c2ccc(C)s2)cc2c1OCCN(C(=O)[C@H]1C=CCN1)C2. The van der Waals surface area contributed by atoms with Gasteiger partial charge in [0, 0.05) is 28.4 Å². The Bertz CT molecular complexity index is 859. The first-order valence-corrected chi connectivity index (χ1v) is 9.56. The van der Waals surface area contributed by atoms with Crippen LogP contribution in [0.4, 0.5) is 0 Å². The molecule has 0 fully saturated rings. The summed E-state index contributed by atoms with van der Waals surface area (Å²) in [6.45, 7) is 4.39. The average Bonchev–Trinajstić information content (AvgIpc) is 3.28. The topological polar surface area (TPSA) is 50.8 Å². The predicted molar refractivity (Wildman–Crippen MR) is 103 cm³/mol. The molecule has 6 heteroatoms. The zero-order chi connectivity index (χ0) is 18.1. The molecular formula is C20H22N2O3S. The number of fused-ring (bicyclic) bond motifs is 1. The lowest BCUT2D eigenvalue weighted by molar-refractivity contribution is -0.132. The number of carbonyl (C=O) groups is 1. The molecule has 0 bridgehead atoms. The second-order valence-corrected chi connectivity index (χ2v) is 7.79. The van der Waals surface area contributed by atoms with Crippen LogP contribution in [0, 0.1) is 6.92 Å². The van der Waals surface area contributed by atoms with Crippen molar-refractivity contribution in [2.24, 2.45) is 0 Å². The molecule has 0 radical (unpaired) electrons. The van der Waals surface area contributed by atoms with Crippen LogP contribution in [0.3, 0.4) is 0 Å². The van der Waals surface area contributed by atoms with Gasteiger partial charge in [0.25, 0.3) is 0 Å². The van der Waals surface area contributed by atoms with Gasteiger partial charge >= 0.3 is 0 Å². The Kier molecular flexibility index (Phi) is 4.70. The van der Waals surface area contributed by atoms with E-state index in [1.807, 2.05) is 23.1 Å². The standard InChI is InChI=1S/C20H22N2O3S/c1-13-5-6-18(26-13)14-10-15-12-22(20(23)16-4-3-7-21-16)8-9-25-19(15)17(11-14)24-2/h3-6,10-11,16,21H,7-9,12H2,1-2H3/t16-/m1/s1. The van der Waals surface area contributed by atoms with Crippen LogP contribution in [0.5, 0.6) is 11.5 Å². The minimum absolute atomic E-state index is 0.0894. The maximum absolute atomic E-state index is 12.8. The van der Waals surface area contributed by atoms with Gasteiger partial charge in [-0.15, -0.1) is 11.3 Å². The molecule has 0 aliphatic carbocycles. The summed E-state index contributed by atoms with van der Waals surface area (Å²) in [7, 11) is 1.66. The van der Waals surface area contributed by atoms with E-state index in [4.69, 9.17) is 9.47 Å². The van der Waals surface area contributed by atoms with Crippen molar-refractivity contribution in [3.8, 4) is 21.9 Å². The lowest BCUT2D eigenvalue weighted by atomic mass is 10.1. The number of aryl methyl sites for hydroxylation is 1. The van der Waals surface area contributed by atoms with Gasteiger partial charge in [-0.3, -0.25) is 10.1 Å².